The molecule has 0 saturated carbocycles. The average Bonchev–Trinajstić information content (AvgIpc) is 2.24. The van der Waals surface area contributed by atoms with E-state index in [2.05, 4.69) is 21.0 Å². The lowest BCUT2D eigenvalue weighted by atomic mass is 9.99. The summed E-state index contributed by atoms with van der Waals surface area (Å²) in [4.78, 5) is 0. The molecule has 16 heavy (non-hydrogen) atoms. The summed E-state index contributed by atoms with van der Waals surface area (Å²) in [7, 11) is 4.82. The van der Waals surface area contributed by atoms with E-state index in [1.807, 2.05) is 0 Å². The van der Waals surface area contributed by atoms with Crippen molar-refractivity contribution in [3.63, 3.8) is 0 Å². The van der Waals surface area contributed by atoms with Crippen LogP contribution < -0.4 is 0 Å². The van der Waals surface area contributed by atoms with Gasteiger partial charge in [-0.05, 0) is 25.2 Å². The van der Waals surface area contributed by atoms with Crippen molar-refractivity contribution in [3.05, 3.63) is 0 Å². The highest BCUT2D eigenvalue weighted by molar-refractivity contribution is 4.56. The SMILES string of the molecule is CC1CCCCCCCCC[N+](C)(C)CC1. The van der Waals surface area contributed by atoms with Crippen LogP contribution in [0.1, 0.15) is 64.7 Å². The Kier molecular flexibility index (Phi) is 6.41. The van der Waals surface area contributed by atoms with Gasteiger partial charge in [0.2, 0.25) is 0 Å². The van der Waals surface area contributed by atoms with E-state index in [-0.39, 0.29) is 0 Å². The zero-order valence-corrected chi connectivity index (χ0v) is 11.8. The number of rotatable bonds is 0. The molecule has 1 fully saturated rings. The summed E-state index contributed by atoms with van der Waals surface area (Å²) in [6.45, 7) is 5.20. The topological polar surface area (TPSA) is 0 Å². The standard InChI is InChI=1S/C15H32N/c1-15-11-9-7-5-4-6-8-10-13-16(2,3)14-12-15/h15H,4-14H2,1-3H3/q+1. The second-order valence-electron chi connectivity index (χ2n) is 6.54. The number of hydrogen-bond donors (Lipinski definition) is 0. The smallest absolute Gasteiger partial charge is 0.0785 e. The van der Waals surface area contributed by atoms with Crippen LogP contribution in [-0.4, -0.2) is 31.7 Å². The zero-order valence-electron chi connectivity index (χ0n) is 11.8. The molecule has 0 N–H and O–H groups in total. The second kappa shape index (κ2) is 7.32. The van der Waals surface area contributed by atoms with E-state index >= 15 is 0 Å². The van der Waals surface area contributed by atoms with Crippen molar-refractivity contribution in [1.29, 1.82) is 0 Å². The minimum Gasteiger partial charge on any atom is -0.328 e. The van der Waals surface area contributed by atoms with Crippen molar-refractivity contribution < 1.29 is 4.48 Å². The Morgan fingerprint density at radius 1 is 0.688 bits per heavy atom. The van der Waals surface area contributed by atoms with Crippen molar-refractivity contribution in [2.45, 2.75) is 64.7 Å². The second-order valence-corrected chi connectivity index (χ2v) is 6.54. The molecule has 0 aliphatic carbocycles. The maximum Gasteiger partial charge on any atom is 0.0785 e. The van der Waals surface area contributed by atoms with Crippen LogP contribution in [0.25, 0.3) is 0 Å². The van der Waals surface area contributed by atoms with Gasteiger partial charge in [0, 0.05) is 0 Å². The Balaban J connectivity index is 2.35. The van der Waals surface area contributed by atoms with Crippen molar-refractivity contribution in [2.75, 3.05) is 27.2 Å². The van der Waals surface area contributed by atoms with Gasteiger partial charge in [0.05, 0.1) is 27.2 Å². The number of quaternary nitrogens is 1. The molecule has 0 aromatic carbocycles. The van der Waals surface area contributed by atoms with E-state index in [4.69, 9.17) is 0 Å². The molecule has 96 valence electrons. The van der Waals surface area contributed by atoms with Gasteiger partial charge in [-0.1, -0.05) is 45.4 Å². The van der Waals surface area contributed by atoms with E-state index in [9.17, 15) is 0 Å². The molecule has 0 aromatic rings. The summed E-state index contributed by atoms with van der Waals surface area (Å²) in [5, 5.41) is 0. The van der Waals surface area contributed by atoms with Crippen LogP contribution >= 0.6 is 0 Å². The fourth-order valence-corrected chi connectivity index (χ4v) is 2.74. The van der Waals surface area contributed by atoms with Crippen LogP contribution in [0.5, 0.6) is 0 Å². The third-order valence-electron chi connectivity index (χ3n) is 4.19. The van der Waals surface area contributed by atoms with Gasteiger partial charge < -0.3 is 4.48 Å². The fourth-order valence-electron chi connectivity index (χ4n) is 2.74. The van der Waals surface area contributed by atoms with Crippen molar-refractivity contribution in [3.8, 4) is 0 Å². The maximum atomic E-state index is 2.44. The largest absolute Gasteiger partial charge is 0.328 e. The third-order valence-corrected chi connectivity index (χ3v) is 4.19. The van der Waals surface area contributed by atoms with Gasteiger partial charge in [-0.2, -0.15) is 0 Å². The summed E-state index contributed by atoms with van der Waals surface area (Å²) < 4.78 is 1.24. The minimum absolute atomic E-state index is 0.943. The number of hydrogen-bond acceptors (Lipinski definition) is 0. The van der Waals surface area contributed by atoms with Crippen LogP contribution in [-0.2, 0) is 0 Å². The summed E-state index contributed by atoms with van der Waals surface area (Å²) >= 11 is 0. The van der Waals surface area contributed by atoms with Crippen molar-refractivity contribution >= 4 is 0 Å². The Labute approximate surface area is 103 Å². The molecule has 1 aliphatic rings. The summed E-state index contributed by atoms with van der Waals surface area (Å²) in [6, 6.07) is 0. The zero-order chi connectivity index (χ0) is 11.9. The molecule has 0 bridgehead atoms. The molecule has 1 rings (SSSR count). The molecule has 0 spiro atoms. The fraction of sp³-hybridized carbons (Fsp3) is 1.00. The molecular formula is C15H32N+. The van der Waals surface area contributed by atoms with Crippen LogP contribution in [0.3, 0.4) is 0 Å². The molecule has 0 aromatic heterocycles. The first-order valence-electron chi connectivity index (χ1n) is 7.42. The minimum atomic E-state index is 0.943. The molecule has 1 atom stereocenters. The summed E-state index contributed by atoms with van der Waals surface area (Å²) in [5.74, 6) is 0.943. The van der Waals surface area contributed by atoms with E-state index in [1.54, 1.807) is 0 Å². The lowest BCUT2D eigenvalue weighted by Crippen LogP contribution is -2.41. The highest BCUT2D eigenvalue weighted by Crippen LogP contribution is 2.18. The molecule has 1 saturated heterocycles. The van der Waals surface area contributed by atoms with E-state index < -0.39 is 0 Å². The van der Waals surface area contributed by atoms with Gasteiger partial charge in [-0.15, -0.1) is 0 Å². The maximum absolute atomic E-state index is 2.44. The molecule has 1 aliphatic heterocycles. The Hall–Kier alpha value is -0.0400. The molecule has 1 nitrogen and oxygen atoms in total. The highest BCUT2D eigenvalue weighted by atomic mass is 15.3. The van der Waals surface area contributed by atoms with Gasteiger partial charge in [0.1, 0.15) is 0 Å². The van der Waals surface area contributed by atoms with Gasteiger partial charge in [0.15, 0.2) is 0 Å². The molecule has 0 amide bonds. The Bertz CT molecular complexity index is 174. The van der Waals surface area contributed by atoms with Crippen LogP contribution in [0.2, 0.25) is 0 Å². The predicted molar refractivity (Wildman–Crippen MR) is 72.6 cm³/mol. The first-order valence-corrected chi connectivity index (χ1v) is 7.42. The molecular weight excluding hydrogens is 194 g/mol. The lowest BCUT2D eigenvalue weighted by molar-refractivity contribution is -0.891. The van der Waals surface area contributed by atoms with Crippen LogP contribution in [0.4, 0.5) is 0 Å². The van der Waals surface area contributed by atoms with E-state index in [0.717, 1.165) is 5.92 Å². The number of nitrogens with zero attached hydrogens (tertiary/aromatic N) is 1. The lowest BCUT2D eigenvalue weighted by Gasteiger charge is -2.31. The van der Waals surface area contributed by atoms with E-state index in [0.29, 0.717) is 0 Å². The molecule has 1 unspecified atom stereocenters. The average molecular weight is 226 g/mol. The molecule has 0 radical (unpaired) electrons. The third kappa shape index (κ3) is 6.52. The van der Waals surface area contributed by atoms with Gasteiger partial charge in [0.25, 0.3) is 0 Å². The van der Waals surface area contributed by atoms with Crippen LogP contribution in [0, 0.1) is 5.92 Å². The highest BCUT2D eigenvalue weighted by Gasteiger charge is 2.16. The van der Waals surface area contributed by atoms with Gasteiger partial charge >= 0.3 is 0 Å². The van der Waals surface area contributed by atoms with Crippen LogP contribution in [0.15, 0.2) is 0 Å². The molecule has 1 heterocycles. The predicted octanol–water partition coefficient (Wildman–Crippen LogP) is 4.22. The Morgan fingerprint density at radius 2 is 1.25 bits per heavy atom. The quantitative estimate of drug-likeness (QED) is 0.542. The monoisotopic (exact) mass is 226 g/mol. The van der Waals surface area contributed by atoms with Crippen molar-refractivity contribution in [2.24, 2.45) is 5.92 Å². The van der Waals surface area contributed by atoms with Gasteiger partial charge in [-0.3, -0.25) is 0 Å². The first-order chi connectivity index (χ1) is 7.60. The summed E-state index contributed by atoms with van der Waals surface area (Å²) in [5.41, 5.74) is 0. The van der Waals surface area contributed by atoms with Gasteiger partial charge in [-0.25, -0.2) is 0 Å². The normalized spacial score (nSPS) is 29.8. The van der Waals surface area contributed by atoms with E-state index in [1.165, 1.54) is 75.4 Å². The summed E-state index contributed by atoms with van der Waals surface area (Å²) in [6.07, 6.45) is 13.1. The Morgan fingerprint density at radius 3 is 1.94 bits per heavy atom. The first kappa shape index (κ1) is 14.0. The van der Waals surface area contributed by atoms with Crippen molar-refractivity contribution in [1.82, 2.24) is 0 Å². The molecule has 1 heteroatoms.